The molecule has 0 bridgehead atoms. The van der Waals surface area contributed by atoms with Gasteiger partial charge in [0, 0.05) is 5.56 Å². The summed E-state index contributed by atoms with van der Waals surface area (Å²) in [6.07, 6.45) is 0. The van der Waals surface area contributed by atoms with Gasteiger partial charge < -0.3 is 9.84 Å². The maximum Gasteiger partial charge on any atom is 0.314 e. The third kappa shape index (κ3) is 1.25. The van der Waals surface area contributed by atoms with Crippen molar-refractivity contribution in [3.63, 3.8) is 0 Å². The second-order valence-electron chi connectivity index (χ2n) is 3.68. The van der Waals surface area contributed by atoms with Gasteiger partial charge in [-0.2, -0.15) is 0 Å². The summed E-state index contributed by atoms with van der Waals surface area (Å²) in [5.74, 6) is -0.586. The van der Waals surface area contributed by atoms with Crippen LogP contribution in [0.1, 0.15) is 22.6 Å². The van der Waals surface area contributed by atoms with Crippen molar-refractivity contribution in [3.8, 4) is 5.75 Å². The number of hydrogen-bond acceptors (Lipinski definition) is 2. The number of hydrogen-bond donors (Lipinski definition) is 1. The zero-order chi connectivity index (χ0) is 10.3. The van der Waals surface area contributed by atoms with Crippen LogP contribution in [0.4, 0.5) is 0 Å². The maximum absolute atomic E-state index is 10.9. The van der Waals surface area contributed by atoms with E-state index in [2.05, 4.69) is 0 Å². The van der Waals surface area contributed by atoms with Gasteiger partial charge >= 0.3 is 5.97 Å². The fourth-order valence-electron chi connectivity index (χ4n) is 1.68. The predicted molar refractivity (Wildman–Crippen MR) is 51.8 cm³/mol. The van der Waals surface area contributed by atoms with Crippen molar-refractivity contribution in [1.82, 2.24) is 0 Å². The largest absolute Gasteiger partial charge is 0.492 e. The molecule has 1 atom stereocenters. The van der Waals surface area contributed by atoms with E-state index in [4.69, 9.17) is 9.84 Å². The van der Waals surface area contributed by atoms with Crippen LogP contribution >= 0.6 is 0 Å². The zero-order valence-electron chi connectivity index (χ0n) is 8.20. The molecule has 0 saturated heterocycles. The Bertz CT molecular complexity index is 396. The lowest BCUT2D eigenvalue weighted by atomic mass is 9.97. The average Bonchev–Trinajstić information content (AvgIpc) is 2.48. The van der Waals surface area contributed by atoms with Gasteiger partial charge in [-0.05, 0) is 31.0 Å². The highest BCUT2D eigenvalue weighted by atomic mass is 16.5. The molecule has 1 N–H and O–H groups in total. The van der Waals surface area contributed by atoms with Crippen LogP contribution in [0.15, 0.2) is 12.1 Å². The molecule has 0 saturated carbocycles. The van der Waals surface area contributed by atoms with Crippen LogP contribution in [0.2, 0.25) is 0 Å². The normalized spacial score (nSPS) is 18.9. The van der Waals surface area contributed by atoms with Gasteiger partial charge in [0.25, 0.3) is 0 Å². The molecule has 0 fully saturated rings. The fourth-order valence-corrected chi connectivity index (χ4v) is 1.68. The van der Waals surface area contributed by atoms with E-state index < -0.39 is 11.9 Å². The number of fused-ring (bicyclic) bond motifs is 1. The number of carboxylic acid groups (broad SMARTS) is 1. The molecule has 1 aromatic rings. The minimum Gasteiger partial charge on any atom is -0.492 e. The summed E-state index contributed by atoms with van der Waals surface area (Å²) >= 11 is 0. The molecule has 0 amide bonds. The number of rotatable bonds is 1. The first-order valence-electron chi connectivity index (χ1n) is 4.56. The highest BCUT2D eigenvalue weighted by molar-refractivity contribution is 5.78. The van der Waals surface area contributed by atoms with Crippen molar-refractivity contribution in [3.05, 3.63) is 28.8 Å². The highest BCUT2D eigenvalue weighted by Crippen LogP contribution is 2.35. The Kier molecular flexibility index (Phi) is 1.95. The van der Waals surface area contributed by atoms with Crippen molar-refractivity contribution >= 4 is 5.97 Å². The fraction of sp³-hybridized carbons (Fsp3) is 0.364. The first-order chi connectivity index (χ1) is 6.59. The molecule has 0 aromatic heterocycles. The Morgan fingerprint density at radius 1 is 1.43 bits per heavy atom. The smallest absolute Gasteiger partial charge is 0.314 e. The zero-order valence-corrected chi connectivity index (χ0v) is 8.20. The van der Waals surface area contributed by atoms with Gasteiger partial charge in [-0.25, -0.2) is 0 Å². The Morgan fingerprint density at radius 2 is 2.07 bits per heavy atom. The monoisotopic (exact) mass is 192 g/mol. The number of ether oxygens (including phenoxy) is 1. The third-order valence-electron chi connectivity index (χ3n) is 2.71. The average molecular weight is 192 g/mol. The van der Waals surface area contributed by atoms with E-state index in [9.17, 15) is 4.79 Å². The Hall–Kier alpha value is -1.51. The SMILES string of the molecule is Cc1cc2c(cc1C)[C@@H](C(=O)O)CO2. The van der Waals surface area contributed by atoms with Crippen LogP contribution in [0.25, 0.3) is 0 Å². The molecule has 0 aliphatic carbocycles. The number of carbonyl (C=O) groups is 1. The quantitative estimate of drug-likeness (QED) is 0.738. The molecule has 0 radical (unpaired) electrons. The van der Waals surface area contributed by atoms with Crippen LogP contribution in [-0.4, -0.2) is 17.7 Å². The Balaban J connectivity index is 2.50. The molecular weight excluding hydrogens is 180 g/mol. The standard InChI is InChI=1S/C11H12O3/c1-6-3-8-9(11(12)13)5-14-10(8)4-7(6)2/h3-4,9H,5H2,1-2H3,(H,12,13)/t9-/m0/s1. The molecule has 0 spiro atoms. The number of aryl methyl sites for hydroxylation is 2. The summed E-state index contributed by atoms with van der Waals surface area (Å²) < 4.78 is 5.33. The lowest BCUT2D eigenvalue weighted by Crippen LogP contribution is -2.12. The van der Waals surface area contributed by atoms with E-state index in [1.807, 2.05) is 26.0 Å². The lowest BCUT2D eigenvalue weighted by molar-refractivity contribution is -0.138. The molecule has 3 heteroatoms. The van der Waals surface area contributed by atoms with Gasteiger partial charge in [0.2, 0.25) is 0 Å². The second-order valence-corrected chi connectivity index (χ2v) is 3.68. The van der Waals surface area contributed by atoms with Gasteiger partial charge in [-0.15, -0.1) is 0 Å². The minimum atomic E-state index is -0.813. The van der Waals surface area contributed by atoms with Gasteiger partial charge in [0.15, 0.2) is 0 Å². The summed E-state index contributed by atoms with van der Waals surface area (Å²) in [5.41, 5.74) is 3.05. The summed E-state index contributed by atoms with van der Waals surface area (Å²) in [6, 6.07) is 3.82. The third-order valence-corrected chi connectivity index (χ3v) is 2.71. The van der Waals surface area contributed by atoms with Crippen molar-refractivity contribution in [1.29, 1.82) is 0 Å². The molecule has 74 valence electrons. The van der Waals surface area contributed by atoms with Crippen molar-refractivity contribution in [2.24, 2.45) is 0 Å². The molecule has 2 rings (SSSR count). The summed E-state index contributed by atoms with van der Waals surface area (Å²) in [5, 5.41) is 8.94. The lowest BCUT2D eigenvalue weighted by Gasteiger charge is -2.05. The van der Waals surface area contributed by atoms with E-state index in [0.717, 1.165) is 22.4 Å². The molecule has 3 nitrogen and oxygen atoms in total. The highest BCUT2D eigenvalue weighted by Gasteiger charge is 2.30. The second kappa shape index (κ2) is 3.01. The van der Waals surface area contributed by atoms with Gasteiger partial charge in [0.05, 0.1) is 0 Å². The van der Waals surface area contributed by atoms with Crippen LogP contribution in [0.5, 0.6) is 5.75 Å². The summed E-state index contributed by atoms with van der Waals surface area (Å²) in [6.45, 7) is 4.23. The Morgan fingerprint density at radius 3 is 2.71 bits per heavy atom. The van der Waals surface area contributed by atoms with E-state index in [1.54, 1.807) is 0 Å². The maximum atomic E-state index is 10.9. The molecule has 14 heavy (non-hydrogen) atoms. The van der Waals surface area contributed by atoms with Crippen LogP contribution in [0.3, 0.4) is 0 Å². The van der Waals surface area contributed by atoms with E-state index >= 15 is 0 Å². The van der Waals surface area contributed by atoms with Crippen molar-refractivity contribution < 1.29 is 14.6 Å². The number of benzene rings is 1. The molecular formula is C11H12O3. The van der Waals surface area contributed by atoms with E-state index in [1.165, 1.54) is 0 Å². The summed E-state index contributed by atoms with van der Waals surface area (Å²) in [4.78, 5) is 10.9. The van der Waals surface area contributed by atoms with Crippen molar-refractivity contribution in [2.45, 2.75) is 19.8 Å². The number of carboxylic acids is 1. The molecule has 1 aliphatic rings. The van der Waals surface area contributed by atoms with E-state index in [-0.39, 0.29) is 6.61 Å². The van der Waals surface area contributed by atoms with Crippen LogP contribution in [-0.2, 0) is 4.79 Å². The molecule has 1 heterocycles. The van der Waals surface area contributed by atoms with Gasteiger partial charge in [-0.1, -0.05) is 6.07 Å². The first-order valence-corrected chi connectivity index (χ1v) is 4.56. The molecule has 1 aromatic carbocycles. The first kappa shape index (κ1) is 9.06. The summed E-state index contributed by atoms with van der Waals surface area (Å²) in [7, 11) is 0. The molecule has 1 aliphatic heterocycles. The van der Waals surface area contributed by atoms with Crippen molar-refractivity contribution in [2.75, 3.05) is 6.61 Å². The van der Waals surface area contributed by atoms with Crippen LogP contribution < -0.4 is 4.74 Å². The van der Waals surface area contributed by atoms with E-state index in [0.29, 0.717) is 0 Å². The van der Waals surface area contributed by atoms with Gasteiger partial charge in [-0.3, -0.25) is 4.79 Å². The van der Waals surface area contributed by atoms with Crippen LogP contribution in [0, 0.1) is 13.8 Å². The van der Waals surface area contributed by atoms with Gasteiger partial charge in [0.1, 0.15) is 18.3 Å². The minimum absolute atomic E-state index is 0.257. The number of aliphatic carboxylic acids is 1. The predicted octanol–water partition coefficient (Wildman–Crippen LogP) is 1.86. The Labute approximate surface area is 82.3 Å². The topological polar surface area (TPSA) is 46.5 Å². The molecule has 0 unspecified atom stereocenters.